The Labute approximate surface area is 132 Å². The fraction of sp³-hybridized carbons (Fsp3) is 0.625. The van der Waals surface area contributed by atoms with Gasteiger partial charge < -0.3 is 5.32 Å². The smallest absolute Gasteiger partial charge is 0.262 e. The highest BCUT2D eigenvalue weighted by molar-refractivity contribution is 6.01. The summed E-state index contributed by atoms with van der Waals surface area (Å²) in [5.74, 6) is 0.109. The summed E-state index contributed by atoms with van der Waals surface area (Å²) in [5.41, 5.74) is 0.588. The lowest BCUT2D eigenvalue weighted by Gasteiger charge is -2.03. The second-order valence-electron chi connectivity index (χ2n) is 5.75. The monoisotopic (exact) mass is 303 g/mol. The first-order valence-electron chi connectivity index (χ1n) is 7.87. The molecule has 0 spiro atoms. The van der Waals surface area contributed by atoms with Crippen molar-refractivity contribution in [2.24, 2.45) is 5.92 Å². The molecule has 0 aliphatic rings. The highest BCUT2D eigenvalue weighted by atomic mass is 16.1. The number of carbonyl (C=O) groups is 1. The van der Waals surface area contributed by atoms with Crippen molar-refractivity contribution < 1.29 is 4.79 Å². The number of aromatic nitrogens is 3. The summed E-state index contributed by atoms with van der Waals surface area (Å²) < 4.78 is 1.72. The zero-order valence-corrected chi connectivity index (χ0v) is 13.7. The number of hydrogen-bond donors (Lipinski definition) is 1. The van der Waals surface area contributed by atoms with Gasteiger partial charge >= 0.3 is 0 Å². The zero-order valence-electron chi connectivity index (χ0n) is 13.7. The predicted molar refractivity (Wildman–Crippen MR) is 85.6 cm³/mol. The van der Waals surface area contributed by atoms with E-state index in [0.29, 0.717) is 18.2 Å². The van der Waals surface area contributed by atoms with Crippen LogP contribution in [0.5, 0.6) is 0 Å². The van der Waals surface area contributed by atoms with E-state index >= 15 is 0 Å². The third kappa shape index (κ3) is 6.53. The number of hydrogen-bond acceptors (Lipinski definition) is 4. The van der Waals surface area contributed by atoms with Gasteiger partial charge in [-0.25, -0.2) is 0 Å². The third-order valence-corrected chi connectivity index (χ3v) is 3.08. The molecule has 0 unspecified atom stereocenters. The minimum Gasteiger partial charge on any atom is -0.351 e. The van der Waals surface area contributed by atoms with E-state index in [4.69, 9.17) is 5.26 Å². The van der Waals surface area contributed by atoms with Gasteiger partial charge in [0.15, 0.2) is 0 Å². The fourth-order valence-corrected chi connectivity index (χ4v) is 1.99. The number of amides is 1. The maximum absolute atomic E-state index is 11.9. The Bertz CT molecular complexity index is 539. The van der Waals surface area contributed by atoms with Crippen LogP contribution in [-0.2, 0) is 11.3 Å². The van der Waals surface area contributed by atoms with E-state index in [1.807, 2.05) is 6.07 Å². The third-order valence-electron chi connectivity index (χ3n) is 3.08. The molecule has 22 heavy (non-hydrogen) atoms. The van der Waals surface area contributed by atoms with Crippen LogP contribution in [0.25, 0.3) is 6.08 Å². The van der Waals surface area contributed by atoms with Gasteiger partial charge in [0.1, 0.15) is 17.3 Å². The van der Waals surface area contributed by atoms with Crippen molar-refractivity contribution in [3.63, 3.8) is 0 Å². The number of unbranched alkanes of at least 4 members (excludes halogenated alkanes) is 3. The van der Waals surface area contributed by atoms with Gasteiger partial charge in [0.25, 0.3) is 5.91 Å². The summed E-state index contributed by atoms with van der Waals surface area (Å²) in [6.07, 6.45) is 7.56. The van der Waals surface area contributed by atoms with Crippen molar-refractivity contribution in [3.8, 4) is 6.07 Å². The second kappa shape index (κ2) is 9.72. The molecule has 6 heteroatoms. The molecule has 0 aromatic carbocycles. The lowest BCUT2D eigenvalue weighted by Crippen LogP contribution is -2.25. The van der Waals surface area contributed by atoms with Crippen LogP contribution >= 0.6 is 0 Å². The first kappa shape index (κ1) is 17.9. The summed E-state index contributed by atoms with van der Waals surface area (Å²) in [4.78, 5) is 11.9. The number of carbonyl (C=O) groups excluding carboxylic acids is 1. The molecular weight excluding hydrogens is 278 g/mol. The molecule has 0 fully saturated rings. The highest BCUT2D eigenvalue weighted by Gasteiger charge is 2.10. The molecule has 0 aliphatic carbocycles. The van der Waals surface area contributed by atoms with Gasteiger partial charge in [0.05, 0.1) is 6.20 Å². The second-order valence-corrected chi connectivity index (χ2v) is 5.75. The Balaban J connectivity index is 2.56. The van der Waals surface area contributed by atoms with Crippen LogP contribution < -0.4 is 5.32 Å². The lowest BCUT2D eigenvalue weighted by atomic mass is 10.2. The van der Waals surface area contributed by atoms with E-state index in [1.54, 1.807) is 10.9 Å². The summed E-state index contributed by atoms with van der Waals surface area (Å²) in [6, 6.07) is 1.92. The molecule has 0 atom stereocenters. The number of rotatable bonds is 9. The number of nitriles is 1. The summed E-state index contributed by atoms with van der Waals surface area (Å²) in [7, 11) is 0. The standard InChI is InChI=1S/C16H25N5O/c1-4-5-6-7-8-18-16(22)14(10-17)9-15-12-21(20-19-15)11-13(2)3/h9,12-13H,4-8,11H2,1-3H3,(H,18,22)/b14-9-. The fourth-order valence-electron chi connectivity index (χ4n) is 1.99. The van der Waals surface area contributed by atoms with Crippen LogP contribution in [0.15, 0.2) is 11.8 Å². The molecule has 0 saturated carbocycles. The van der Waals surface area contributed by atoms with Gasteiger partial charge in [0, 0.05) is 13.1 Å². The molecule has 1 heterocycles. The molecule has 0 radical (unpaired) electrons. The zero-order chi connectivity index (χ0) is 16.4. The minimum atomic E-state index is -0.350. The molecule has 1 aromatic rings. The molecular formula is C16H25N5O. The van der Waals surface area contributed by atoms with E-state index < -0.39 is 0 Å². The summed E-state index contributed by atoms with van der Waals surface area (Å²) >= 11 is 0. The Morgan fingerprint density at radius 1 is 1.45 bits per heavy atom. The predicted octanol–water partition coefficient (Wildman–Crippen LogP) is 2.54. The van der Waals surface area contributed by atoms with Crippen molar-refractivity contribution in [1.82, 2.24) is 20.3 Å². The quantitative estimate of drug-likeness (QED) is 0.431. The summed E-state index contributed by atoms with van der Waals surface area (Å²) in [6.45, 7) is 7.67. The molecule has 120 valence electrons. The van der Waals surface area contributed by atoms with Crippen molar-refractivity contribution in [2.75, 3.05) is 6.54 Å². The van der Waals surface area contributed by atoms with Crippen molar-refractivity contribution >= 4 is 12.0 Å². The van der Waals surface area contributed by atoms with Gasteiger partial charge in [-0.1, -0.05) is 45.2 Å². The maximum atomic E-state index is 11.9. The van der Waals surface area contributed by atoms with Crippen molar-refractivity contribution in [3.05, 3.63) is 17.5 Å². The van der Waals surface area contributed by atoms with Crippen LogP contribution in [0.2, 0.25) is 0 Å². The average Bonchev–Trinajstić information content (AvgIpc) is 2.90. The number of nitrogens with zero attached hydrogens (tertiary/aromatic N) is 4. The van der Waals surface area contributed by atoms with E-state index in [0.717, 1.165) is 32.2 Å². The van der Waals surface area contributed by atoms with E-state index in [9.17, 15) is 4.79 Å². The highest BCUT2D eigenvalue weighted by Crippen LogP contribution is 2.05. The van der Waals surface area contributed by atoms with Crippen LogP contribution in [-0.4, -0.2) is 27.4 Å². The minimum absolute atomic E-state index is 0.0621. The largest absolute Gasteiger partial charge is 0.351 e. The first-order chi connectivity index (χ1) is 10.6. The van der Waals surface area contributed by atoms with Crippen LogP contribution in [0.4, 0.5) is 0 Å². The molecule has 1 amide bonds. The molecule has 1 rings (SSSR count). The van der Waals surface area contributed by atoms with E-state index in [1.165, 1.54) is 6.08 Å². The molecule has 0 bridgehead atoms. The Hall–Kier alpha value is -2.16. The molecule has 0 saturated heterocycles. The Morgan fingerprint density at radius 2 is 2.23 bits per heavy atom. The van der Waals surface area contributed by atoms with Crippen LogP contribution in [0, 0.1) is 17.2 Å². The number of nitrogens with one attached hydrogen (secondary N) is 1. The van der Waals surface area contributed by atoms with Gasteiger partial charge in [-0.05, 0) is 18.4 Å². The maximum Gasteiger partial charge on any atom is 0.262 e. The van der Waals surface area contributed by atoms with E-state index in [-0.39, 0.29) is 11.5 Å². The molecule has 6 nitrogen and oxygen atoms in total. The van der Waals surface area contributed by atoms with Gasteiger partial charge in [0.2, 0.25) is 0 Å². The van der Waals surface area contributed by atoms with E-state index in [2.05, 4.69) is 36.4 Å². The lowest BCUT2D eigenvalue weighted by molar-refractivity contribution is -0.117. The topological polar surface area (TPSA) is 83.6 Å². The Morgan fingerprint density at radius 3 is 2.86 bits per heavy atom. The normalized spacial score (nSPS) is 11.5. The van der Waals surface area contributed by atoms with Gasteiger partial charge in [-0.2, -0.15) is 5.26 Å². The van der Waals surface area contributed by atoms with Gasteiger partial charge in [-0.15, -0.1) is 5.10 Å². The molecule has 0 aliphatic heterocycles. The van der Waals surface area contributed by atoms with Crippen LogP contribution in [0.1, 0.15) is 52.1 Å². The Kier molecular flexibility index (Phi) is 7.90. The average molecular weight is 303 g/mol. The van der Waals surface area contributed by atoms with Crippen molar-refractivity contribution in [2.45, 2.75) is 53.0 Å². The van der Waals surface area contributed by atoms with Crippen LogP contribution in [0.3, 0.4) is 0 Å². The first-order valence-corrected chi connectivity index (χ1v) is 7.87. The SMILES string of the molecule is CCCCCCNC(=O)/C(C#N)=C\c1cn(CC(C)C)nn1. The summed E-state index contributed by atoms with van der Waals surface area (Å²) in [5, 5.41) is 19.8. The van der Waals surface area contributed by atoms with Gasteiger partial charge in [-0.3, -0.25) is 9.48 Å². The molecule has 1 aromatic heterocycles. The molecule has 1 N–H and O–H groups in total. The van der Waals surface area contributed by atoms with Crippen molar-refractivity contribution in [1.29, 1.82) is 5.26 Å².